The summed E-state index contributed by atoms with van der Waals surface area (Å²) in [5.74, 6) is -1.49. The summed E-state index contributed by atoms with van der Waals surface area (Å²) < 4.78 is 0. The number of aliphatic imine (C=N–C) groups is 1. The first-order valence-electron chi connectivity index (χ1n) is 5.82. The van der Waals surface area contributed by atoms with E-state index in [9.17, 15) is 20.0 Å². The second-order valence-corrected chi connectivity index (χ2v) is 4.12. The molecule has 0 aliphatic heterocycles. The third kappa shape index (κ3) is 3.41. The number of benzene rings is 2. The van der Waals surface area contributed by atoms with Crippen LogP contribution in [0.25, 0.3) is 0 Å². The molecule has 0 bridgehead atoms. The lowest BCUT2D eigenvalue weighted by Crippen LogP contribution is -1.94. The molecule has 0 unspecified atom stereocenters. The Morgan fingerprint density at radius 2 is 2.00 bits per heavy atom. The number of rotatable bonds is 4. The van der Waals surface area contributed by atoms with Gasteiger partial charge in [0.2, 0.25) is 0 Å². The van der Waals surface area contributed by atoms with Crippen LogP contribution in [-0.2, 0) is 0 Å². The molecule has 0 radical (unpaired) electrons. The zero-order valence-corrected chi connectivity index (χ0v) is 10.6. The second kappa shape index (κ2) is 5.83. The van der Waals surface area contributed by atoms with E-state index in [4.69, 9.17) is 5.11 Å². The van der Waals surface area contributed by atoms with E-state index in [2.05, 4.69) is 4.99 Å². The van der Waals surface area contributed by atoms with Crippen LogP contribution in [0.5, 0.6) is 5.75 Å². The fraction of sp³-hybridized carbons (Fsp3) is 0. The number of phenols is 1. The fourth-order valence-electron chi connectivity index (χ4n) is 1.64. The maximum absolute atomic E-state index is 10.8. The maximum Gasteiger partial charge on any atom is 0.335 e. The summed E-state index contributed by atoms with van der Waals surface area (Å²) in [6.07, 6.45) is 1.35. The number of nitro benzene ring substituents is 1. The van der Waals surface area contributed by atoms with Gasteiger partial charge in [0.15, 0.2) is 5.75 Å². The number of carboxylic acids is 1. The summed E-state index contributed by atoms with van der Waals surface area (Å²) in [5, 5.41) is 28.9. The van der Waals surface area contributed by atoms with E-state index < -0.39 is 22.3 Å². The molecule has 0 fully saturated rings. The number of carboxylic acid groups (broad SMARTS) is 1. The number of phenolic OH excluding ortho intramolecular Hbond substituents is 1. The third-order valence-corrected chi connectivity index (χ3v) is 2.65. The Hall–Kier alpha value is -3.22. The van der Waals surface area contributed by atoms with Gasteiger partial charge in [0.1, 0.15) is 0 Å². The van der Waals surface area contributed by atoms with Crippen molar-refractivity contribution in [2.75, 3.05) is 0 Å². The van der Waals surface area contributed by atoms with Gasteiger partial charge in [-0.1, -0.05) is 6.07 Å². The van der Waals surface area contributed by atoms with Gasteiger partial charge in [-0.2, -0.15) is 0 Å². The van der Waals surface area contributed by atoms with Crippen molar-refractivity contribution in [3.63, 3.8) is 0 Å². The van der Waals surface area contributed by atoms with Crippen molar-refractivity contribution in [1.29, 1.82) is 0 Å². The molecule has 7 heteroatoms. The first-order valence-corrected chi connectivity index (χ1v) is 5.82. The average molecular weight is 286 g/mol. The van der Waals surface area contributed by atoms with Gasteiger partial charge in [-0.15, -0.1) is 0 Å². The van der Waals surface area contributed by atoms with E-state index in [1.807, 2.05) is 0 Å². The Balaban J connectivity index is 2.29. The zero-order chi connectivity index (χ0) is 15.4. The molecule has 106 valence electrons. The molecule has 0 amide bonds. The molecule has 0 aliphatic carbocycles. The Morgan fingerprint density at radius 3 is 2.67 bits per heavy atom. The van der Waals surface area contributed by atoms with Crippen molar-refractivity contribution in [2.24, 2.45) is 4.99 Å². The summed E-state index contributed by atoms with van der Waals surface area (Å²) >= 11 is 0. The summed E-state index contributed by atoms with van der Waals surface area (Å²) in [7, 11) is 0. The van der Waals surface area contributed by atoms with Crippen molar-refractivity contribution < 1.29 is 19.9 Å². The minimum absolute atomic E-state index is 0.0985. The van der Waals surface area contributed by atoms with E-state index in [0.29, 0.717) is 11.3 Å². The molecule has 0 aliphatic rings. The highest BCUT2D eigenvalue weighted by Gasteiger charge is 2.12. The molecular weight excluding hydrogens is 276 g/mol. The highest BCUT2D eigenvalue weighted by molar-refractivity contribution is 5.89. The van der Waals surface area contributed by atoms with Crippen LogP contribution in [-0.4, -0.2) is 27.3 Å². The molecule has 2 aromatic rings. The van der Waals surface area contributed by atoms with Gasteiger partial charge < -0.3 is 10.2 Å². The maximum atomic E-state index is 10.8. The smallest absolute Gasteiger partial charge is 0.335 e. The van der Waals surface area contributed by atoms with Crippen molar-refractivity contribution in [1.82, 2.24) is 0 Å². The van der Waals surface area contributed by atoms with E-state index >= 15 is 0 Å². The molecule has 7 nitrogen and oxygen atoms in total. The van der Waals surface area contributed by atoms with Gasteiger partial charge in [0.25, 0.3) is 0 Å². The van der Waals surface area contributed by atoms with Crippen LogP contribution in [0.4, 0.5) is 11.4 Å². The van der Waals surface area contributed by atoms with E-state index in [1.165, 1.54) is 36.5 Å². The van der Waals surface area contributed by atoms with E-state index in [-0.39, 0.29) is 5.56 Å². The van der Waals surface area contributed by atoms with Gasteiger partial charge >= 0.3 is 11.7 Å². The van der Waals surface area contributed by atoms with Crippen LogP contribution in [0.1, 0.15) is 15.9 Å². The lowest BCUT2D eigenvalue weighted by Gasteiger charge is -1.98. The minimum Gasteiger partial charge on any atom is -0.502 e. The lowest BCUT2D eigenvalue weighted by molar-refractivity contribution is -0.385. The zero-order valence-electron chi connectivity index (χ0n) is 10.6. The van der Waals surface area contributed by atoms with Crippen molar-refractivity contribution in [3.8, 4) is 5.75 Å². The largest absolute Gasteiger partial charge is 0.502 e. The molecule has 0 atom stereocenters. The predicted octanol–water partition coefficient (Wildman–Crippen LogP) is 2.75. The first kappa shape index (κ1) is 14.2. The monoisotopic (exact) mass is 286 g/mol. The Bertz CT molecular complexity index is 740. The van der Waals surface area contributed by atoms with E-state index in [1.54, 1.807) is 12.1 Å². The number of aromatic carboxylic acids is 1. The van der Waals surface area contributed by atoms with Gasteiger partial charge in [-0.25, -0.2) is 4.79 Å². The van der Waals surface area contributed by atoms with Crippen LogP contribution < -0.4 is 0 Å². The fourth-order valence-corrected chi connectivity index (χ4v) is 1.64. The van der Waals surface area contributed by atoms with Gasteiger partial charge in [0.05, 0.1) is 16.2 Å². The highest BCUT2D eigenvalue weighted by Crippen LogP contribution is 2.26. The molecule has 0 aromatic heterocycles. The van der Waals surface area contributed by atoms with Gasteiger partial charge in [0, 0.05) is 12.3 Å². The highest BCUT2D eigenvalue weighted by atomic mass is 16.6. The number of hydrogen-bond acceptors (Lipinski definition) is 5. The number of hydrogen-bond donors (Lipinski definition) is 2. The van der Waals surface area contributed by atoms with Crippen molar-refractivity contribution in [2.45, 2.75) is 0 Å². The van der Waals surface area contributed by atoms with E-state index in [0.717, 1.165) is 0 Å². The normalized spacial score (nSPS) is 10.7. The quantitative estimate of drug-likeness (QED) is 0.509. The van der Waals surface area contributed by atoms with Crippen LogP contribution in [0.3, 0.4) is 0 Å². The van der Waals surface area contributed by atoms with Crippen LogP contribution >= 0.6 is 0 Å². The average Bonchev–Trinajstić information content (AvgIpc) is 2.46. The topological polar surface area (TPSA) is 113 Å². The standard InChI is InChI=1S/C14H10N2O5/c17-13-5-4-9(6-12(13)16(20)21)8-15-11-3-1-2-10(7-11)14(18)19/h1-8,17H,(H,18,19). The number of aromatic hydroxyl groups is 1. The van der Waals surface area contributed by atoms with Gasteiger partial charge in [-0.05, 0) is 35.9 Å². The van der Waals surface area contributed by atoms with Crippen molar-refractivity contribution in [3.05, 3.63) is 63.7 Å². The first-order chi connectivity index (χ1) is 9.97. The Labute approximate surface area is 119 Å². The molecule has 0 heterocycles. The van der Waals surface area contributed by atoms with Crippen LogP contribution in [0.15, 0.2) is 47.5 Å². The number of nitrogens with zero attached hydrogens (tertiary/aromatic N) is 2. The number of carbonyl (C=O) groups is 1. The molecule has 2 rings (SSSR count). The Kier molecular flexibility index (Phi) is 3.94. The van der Waals surface area contributed by atoms with Gasteiger partial charge in [-0.3, -0.25) is 15.1 Å². The summed E-state index contributed by atoms with van der Waals surface area (Å²) in [5.41, 5.74) is 0.505. The lowest BCUT2D eigenvalue weighted by atomic mass is 10.2. The Morgan fingerprint density at radius 1 is 1.24 bits per heavy atom. The molecule has 2 N–H and O–H groups in total. The van der Waals surface area contributed by atoms with Crippen molar-refractivity contribution >= 4 is 23.6 Å². The molecule has 2 aromatic carbocycles. The molecule has 0 saturated heterocycles. The summed E-state index contributed by atoms with van der Waals surface area (Å²) in [6.45, 7) is 0. The minimum atomic E-state index is -1.06. The second-order valence-electron chi connectivity index (χ2n) is 4.12. The molecular formula is C14H10N2O5. The summed E-state index contributed by atoms with van der Waals surface area (Å²) in [6, 6.07) is 9.83. The molecule has 0 saturated carbocycles. The molecule has 0 spiro atoms. The number of nitro groups is 1. The molecule has 21 heavy (non-hydrogen) atoms. The third-order valence-electron chi connectivity index (χ3n) is 2.65. The van der Waals surface area contributed by atoms with Crippen LogP contribution in [0, 0.1) is 10.1 Å². The predicted molar refractivity (Wildman–Crippen MR) is 75.4 cm³/mol. The summed E-state index contributed by atoms with van der Waals surface area (Å²) in [4.78, 5) is 24.9. The SMILES string of the molecule is O=C(O)c1cccc(N=Cc2ccc(O)c([N+](=O)[O-])c2)c1. The van der Waals surface area contributed by atoms with Crippen LogP contribution in [0.2, 0.25) is 0 Å².